The fourth-order valence-corrected chi connectivity index (χ4v) is 5.99. The number of H-pyrrole nitrogens is 2. The lowest BCUT2D eigenvalue weighted by Gasteiger charge is -2.34. The van der Waals surface area contributed by atoms with Gasteiger partial charge in [-0.15, -0.1) is 0 Å². The number of halogens is 1. The number of nitrogens with one attached hydrogen (secondary N) is 4. The van der Waals surface area contributed by atoms with Crippen LogP contribution in [0.3, 0.4) is 0 Å². The lowest BCUT2D eigenvalue weighted by molar-refractivity contribution is 0.0178. The molecule has 6 rings (SSSR count). The SMILES string of the molecule is CN(C)CC(NC(=O)c1cc(-c2ccncc2)[nH]n1)c1cccc(CC(C)(O)C(NC(=O)c2cc(-c3ccncc3)[nH]n2)c2cccc(F)c2)c1. The third-order valence-corrected chi connectivity index (χ3v) is 8.45. The Kier molecular flexibility index (Phi) is 10.4. The summed E-state index contributed by atoms with van der Waals surface area (Å²) in [4.78, 5) is 37.0. The van der Waals surface area contributed by atoms with Crippen LogP contribution in [0.4, 0.5) is 4.39 Å². The molecule has 12 nitrogen and oxygen atoms in total. The number of aliphatic hydroxyl groups is 1. The van der Waals surface area contributed by atoms with Crippen molar-refractivity contribution in [3.05, 3.63) is 144 Å². The average Bonchev–Trinajstić information content (AvgIpc) is 3.82. The van der Waals surface area contributed by atoms with Crippen molar-refractivity contribution in [3.63, 3.8) is 0 Å². The highest BCUT2D eigenvalue weighted by molar-refractivity contribution is 5.94. The second-order valence-electron chi connectivity index (χ2n) is 12.8. The second-order valence-corrected chi connectivity index (χ2v) is 12.8. The maximum atomic E-state index is 14.5. The smallest absolute Gasteiger partial charge is 0.272 e. The van der Waals surface area contributed by atoms with Gasteiger partial charge in [-0.05, 0) is 86.2 Å². The van der Waals surface area contributed by atoms with Crippen molar-refractivity contribution >= 4 is 11.8 Å². The fourth-order valence-electron chi connectivity index (χ4n) is 5.99. The lowest BCUT2D eigenvalue weighted by Crippen LogP contribution is -2.45. The van der Waals surface area contributed by atoms with Crippen molar-refractivity contribution in [1.29, 1.82) is 0 Å². The van der Waals surface area contributed by atoms with Crippen LogP contribution in [0.25, 0.3) is 22.5 Å². The van der Waals surface area contributed by atoms with Crippen molar-refractivity contribution < 1.29 is 19.1 Å². The average molecular weight is 688 g/mol. The van der Waals surface area contributed by atoms with E-state index in [0.717, 1.165) is 22.3 Å². The zero-order chi connectivity index (χ0) is 36.0. The standard InChI is InChI=1S/C38H38FN9O3/c1-38(51,35(28-8-5-9-29(39)19-28)43-37(50)33-21-31(45-47-33)26-12-16-41-17-13-26)22-24-6-4-7-27(18-24)34(23-48(2)3)42-36(49)32-20-30(44-46-32)25-10-14-40-15-11-25/h4-21,34-35,51H,22-23H2,1-3H3,(H,42,49)(H,43,50)(H,44,46)(H,45,47). The summed E-state index contributed by atoms with van der Waals surface area (Å²) in [6.45, 7) is 2.08. The number of rotatable bonds is 13. The quantitative estimate of drug-likeness (QED) is 0.115. The van der Waals surface area contributed by atoms with E-state index in [0.29, 0.717) is 23.5 Å². The largest absolute Gasteiger partial charge is 0.387 e. The first kappa shape index (κ1) is 34.8. The van der Waals surface area contributed by atoms with Gasteiger partial charge in [-0.25, -0.2) is 4.39 Å². The second kappa shape index (κ2) is 15.2. The van der Waals surface area contributed by atoms with Crippen molar-refractivity contribution in [3.8, 4) is 22.5 Å². The fraction of sp³-hybridized carbons (Fsp3) is 0.211. The van der Waals surface area contributed by atoms with Crippen molar-refractivity contribution in [1.82, 2.24) is 45.9 Å². The molecule has 260 valence electrons. The van der Waals surface area contributed by atoms with E-state index in [2.05, 4.69) is 41.0 Å². The third-order valence-electron chi connectivity index (χ3n) is 8.45. The van der Waals surface area contributed by atoms with Gasteiger partial charge >= 0.3 is 0 Å². The molecule has 4 heterocycles. The maximum Gasteiger partial charge on any atom is 0.272 e. The summed E-state index contributed by atoms with van der Waals surface area (Å²) in [7, 11) is 3.82. The van der Waals surface area contributed by atoms with Crippen LogP contribution in [0.15, 0.2) is 110 Å². The molecule has 3 unspecified atom stereocenters. The van der Waals surface area contributed by atoms with Crippen LogP contribution in [0.5, 0.6) is 0 Å². The van der Waals surface area contributed by atoms with Gasteiger partial charge in [-0.3, -0.25) is 29.8 Å². The van der Waals surface area contributed by atoms with Crippen LogP contribution >= 0.6 is 0 Å². The Balaban J connectivity index is 1.23. The first-order valence-electron chi connectivity index (χ1n) is 16.3. The van der Waals surface area contributed by atoms with Crippen LogP contribution in [0.1, 0.15) is 56.7 Å². The van der Waals surface area contributed by atoms with Gasteiger partial charge in [0, 0.05) is 48.9 Å². The minimum absolute atomic E-state index is 0.0857. The number of hydrogen-bond donors (Lipinski definition) is 5. The van der Waals surface area contributed by atoms with E-state index >= 15 is 0 Å². The summed E-state index contributed by atoms with van der Waals surface area (Å²) < 4.78 is 14.5. The van der Waals surface area contributed by atoms with Gasteiger partial charge in [0.2, 0.25) is 0 Å². The molecule has 6 aromatic rings. The molecule has 0 radical (unpaired) electrons. The first-order valence-corrected chi connectivity index (χ1v) is 16.3. The van der Waals surface area contributed by atoms with Gasteiger partial charge in [-0.2, -0.15) is 10.2 Å². The molecule has 0 fully saturated rings. The highest BCUT2D eigenvalue weighted by Crippen LogP contribution is 2.31. The van der Waals surface area contributed by atoms with Crippen LogP contribution in [-0.4, -0.2) is 78.4 Å². The number of hydrogen-bond acceptors (Lipinski definition) is 8. The van der Waals surface area contributed by atoms with Gasteiger partial charge in [0.15, 0.2) is 11.4 Å². The molecular formula is C38H38FN9O3. The minimum Gasteiger partial charge on any atom is -0.387 e. The molecule has 2 aromatic carbocycles. The number of likely N-dealkylation sites (N-methyl/N-ethyl adjacent to an activating group) is 1. The number of pyridine rings is 2. The van der Waals surface area contributed by atoms with Gasteiger partial charge in [0.05, 0.1) is 29.1 Å². The van der Waals surface area contributed by atoms with Gasteiger partial charge in [0.25, 0.3) is 11.8 Å². The Morgan fingerprint density at radius 1 is 0.784 bits per heavy atom. The molecule has 0 saturated carbocycles. The summed E-state index contributed by atoms with van der Waals surface area (Å²) in [5.74, 6) is -1.40. The third kappa shape index (κ3) is 8.58. The van der Waals surface area contributed by atoms with Crippen molar-refractivity contribution in [2.75, 3.05) is 20.6 Å². The summed E-state index contributed by atoms with van der Waals surface area (Å²) >= 11 is 0. The molecule has 0 saturated heterocycles. The molecule has 5 N–H and O–H groups in total. The molecule has 0 bridgehead atoms. The Morgan fingerprint density at radius 3 is 1.90 bits per heavy atom. The van der Waals surface area contributed by atoms with E-state index in [1.54, 1.807) is 62.0 Å². The first-order chi connectivity index (χ1) is 24.6. The molecule has 0 aliphatic heterocycles. The van der Waals surface area contributed by atoms with Gasteiger partial charge < -0.3 is 20.6 Å². The van der Waals surface area contributed by atoms with Crippen molar-refractivity contribution in [2.24, 2.45) is 0 Å². The van der Waals surface area contributed by atoms with E-state index < -0.39 is 29.4 Å². The monoisotopic (exact) mass is 687 g/mol. The van der Waals surface area contributed by atoms with E-state index in [9.17, 15) is 19.1 Å². The Bertz CT molecular complexity index is 2100. The molecule has 2 amide bonds. The predicted octanol–water partition coefficient (Wildman–Crippen LogP) is 4.89. The summed E-state index contributed by atoms with van der Waals surface area (Å²) in [5.41, 5.74) is 3.65. The van der Waals surface area contributed by atoms with Gasteiger partial charge in [-0.1, -0.05) is 36.4 Å². The number of benzene rings is 2. The minimum atomic E-state index is -1.59. The number of carbonyl (C=O) groups excluding carboxylic acids is 2. The molecule has 0 spiro atoms. The normalized spacial score (nSPS) is 13.7. The molecule has 13 heteroatoms. The van der Waals surface area contributed by atoms with Gasteiger partial charge in [0.1, 0.15) is 5.82 Å². The molecule has 0 aliphatic rings. The number of amides is 2. The summed E-state index contributed by atoms with van der Waals surface area (Å²) in [6.07, 6.45) is 6.69. The Hall–Kier alpha value is -6.05. The van der Waals surface area contributed by atoms with E-state index in [1.807, 2.05) is 55.4 Å². The lowest BCUT2D eigenvalue weighted by atomic mass is 9.84. The zero-order valence-electron chi connectivity index (χ0n) is 28.3. The van der Waals surface area contributed by atoms with Crippen LogP contribution in [-0.2, 0) is 6.42 Å². The Morgan fingerprint density at radius 2 is 1.33 bits per heavy atom. The zero-order valence-corrected chi connectivity index (χ0v) is 28.3. The molecular weight excluding hydrogens is 649 g/mol. The summed E-state index contributed by atoms with van der Waals surface area (Å²) in [5, 5.41) is 32.2. The molecule has 4 aromatic heterocycles. The highest BCUT2D eigenvalue weighted by atomic mass is 19.1. The highest BCUT2D eigenvalue weighted by Gasteiger charge is 2.36. The summed E-state index contributed by atoms with van der Waals surface area (Å²) in [6, 6.07) is 22.4. The molecule has 3 atom stereocenters. The van der Waals surface area contributed by atoms with E-state index in [1.165, 1.54) is 18.2 Å². The Labute approximate surface area is 294 Å². The number of nitrogens with zero attached hydrogens (tertiary/aromatic N) is 5. The van der Waals surface area contributed by atoms with Crippen LogP contribution < -0.4 is 10.6 Å². The molecule has 0 aliphatic carbocycles. The number of aromatic nitrogens is 6. The van der Waals surface area contributed by atoms with Crippen molar-refractivity contribution in [2.45, 2.75) is 31.0 Å². The number of carbonyl (C=O) groups is 2. The van der Waals surface area contributed by atoms with E-state index in [-0.39, 0.29) is 23.7 Å². The van der Waals surface area contributed by atoms with E-state index in [4.69, 9.17) is 0 Å². The molecule has 51 heavy (non-hydrogen) atoms. The topological polar surface area (TPSA) is 165 Å². The van der Waals surface area contributed by atoms with Crippen LogP contribution in [0, 0.1) is 5.82 Å². The maximum absolute atomic E-state index is 14.5. The number of aromatic amines is 2. The van der Waals surface area contributed by atoms with Crippen LogP contribution in [0.2, 0.25) is 0 Å². The predicted molar refractivity (Wildman–Crippen MR) is 190 cm³/mol.